The number of hydrogen-bond acceptors (Lipinski definition) is 12. The molecule has 0 unspecified atom stereocenters. The van der Waals surface area contributed by atoms with Crippen LogP contribution in [0.4, 0.5) is 34.1 Å². The summed E-state index contributed by atoms with van der Waals surface area (Å²) in [7, 11) is 11.9. The highest BCUT2D eigenvalue weighted by Gasteiger charge is 2.18. The second kappa shape index (κ2) is 51.3. The van der Waals surface area contributed by atoms with Crippen LogP contribution in [0.3, 0.4) is 0 Å². The third kappa shape index (κ3) is 28.0. The van der Waals surface area contributed by atoms with Gasteiger partial charge in [0.1, 0.15) is 0 Å². The van der Waals surface area contributed by atoms with Crippen molar-refractivity contribution in [2.75, 3.05) is 72.3 Å². The normalized spacial score (nSPS) is 11.8. The van der Waals surface area contributed by atoms with E-state index in [4.69, 9.17) is 30.6 Å². The third-order valence-electron chi connectivity index (χ3n) is 25.0. The first kappa shape index (κ1) is 95.4. The molecular weight excluding hydrogens is 1600 g/mol. The Hall–Kier alpha value is -13.1. The number of aryl methyl sites for hydroxylation is 3. The van der Waals surface area contributed by atoms with E-state index >= 15 is 0 Å². The lowest BCUT2D eigenvalue weighted by atomic mass is 10.1. The third-order valence-corrected chi connectivity index (χ3v) is 25.0. The summed E-state index contributed by atoms with van der Waals surface area (Å²) < 4.78 is 7.53. The number of para-hydroxylation sites is 6. The molecule has 0 fully saturated rings. The summed E-state index contributed by atoms with van der Waals surface area (Å²) >= 11 is 0. The number of rotatable bonds is 47. The first-order valence-electron chi connectivity index (χ1n) is 48.6. The molecule has 0 aliphatic heterocycles. The Kier molecular flexibility index (Phi) is 37.4. The van der Waals surface area contributed by atoms with Crippen molar-refractivity contribution in [2.45, 2.75) is 207 Å². The Balaban J connectivity index is 0.000000168. The van der Waals surface area contributed by atoms with Crippen LogP contribution < -0.4 is 30.1 Å². The van der Waals surface area contributed by atoms with Crippen molar-refractivity contribution < 1.29 is 0 Å². The number of nitrogens with zero attached hydrogens (tertiary/aromatic N) is 15. The van der Waals surface area contributed by atoms with Gasteiger partial charge in [0.15, 0.2) is 0 Å². The highest BCUT2D eigenvalue weighted by molar-refractivity contribution is 6.13. The molecule has 0 saturated carbocycles. The summed E-state index contributed by atoms with van der Waals surface area (Å²) in [6.07, 6.45) is 46.4. The Morgan fingerprint density at radius 1 is 0.183 bits per heavy atom. The summed E-state index contributed by atoms with van der Waals surface area (Å²) in [5.41, 5.74) is 20.6. The molecule has 0 atom stereocenters. The van der Waals surface area contributed by atoms with E-state index in [1.165, 1.54) is 232 Å². The molecule has 15 rings (SSSR count). The Bertz CT molecular complexity index is 5790. The molecule has 12 aromatic carbocycles. The van der Waals surface area contributed by atoms with E-state index in [2.05, 4.69) is 216 Å². The average Bonchev–Trinajstić information content (AvgIpc) is 1.61. The highest BCUT2D eigenvalue weighted by Crippen LogP contribution is 2.36. The number of hydrazone groups is 6. The molecule has 15 heteroatoms. The molecule has 0 aliphatic rings. The van der Waals surface area contributed by atoms with Crippen molar-refractivity contribution in [3.05, 3.63) is 325 Å². The van der Waals surface area contributed by atoms with E-state index in [0.717, 1.165) is 87.1 Å². The first-order chi connectivity index (χ1) is 64.4. The van der Waals surface area contributed by atoms with Gasteiger partial charge < -0.3 is 13.7 Å². The summed E-state index contributed by atoms with van der Waals surface area (Å²) in [6, 6.07) is 102. The summed E-state index contributed by atoms with van der Waals surface area (Å²) in [5.74, 6) is 0. The van der Waals surface area contributed by atoms with Gasteiger partial charge in [0.05, 0.1) is 71.4 Å². The molecule has 678 valence electrons. The topological polar surface area (TPSA) is 108 Å². The van der Waals surface area contributed by atoms with Gasteiger partial charge in [0.2, 0.25) is 0 Å². The largest absolute Gasteiger partial charge is 0.340 e. The van der Waals surface area contributed by atoms with Gasteiger partial charge in [-0.15, -0.1) is 0 Å². The van der Waals surface area contributed by atoms with Crippen LogP contribution in [0.5, 0.6) is 0 Å². The molecule has 0 radical (unpaired) electrons. The van der Waals surface area contributed by atoms with E-state index in [0.29, 0.717) is 0 Å². The van der Waals surface area contributed by atoms with Crippen LogP contribution in [-0.2, 0) is 19.6 Å². The maximum absolute atomic E-state index is 4.74. The number of anilines is 6. The predicted octanol–water partition coefficient (Wildman–Crippen LogP) is 30.4. The maximum Gasteiger partial charge on any atom is 0.0590 e. The number of benzene rings is 12. The number of unbranched alkanes of at least 4 members (excludes halogenated alkanes) is 23. The van der Waals surface area contributed by atoms with Gasteiger partial charge in [-0.1, -0.05) is 314 Å². The van der Waals surface area contributed by atoms with E-state index in [-0.39, 0.29) is 0 Å². The molecule has 3 heterocycles. The fourth-order valence-electron chi connectivity index (χ4n) is 17.4. The van der Waals surface area contributed by atoms with Gasteiger partial charge in [-0.25, -0.2) is 0 Å². The molecule has 131 heavy (non-hydrogen) atoms. The average molecular weight is 1740 g/mol. The Morgan fingerprint density at radius 3 is 0.481 bits per heavy atom. The van der Waals surface area contributed by atoms with Crippen LogP contribution >= 0.6 is 0 Å². The first-order valence-corrected chi connectivity index (χ1v) is 48.6. The van der Waals surface area contributed by atoms with Crippen LogP contribution in [0.15, 0.2) is 322 Å². The number of aromatic nitrogens is 3. The second-order valence-corrected chi connectivity index (χ2v) is 34.9. The Labute approximate surface area is 780 Å². The van der Waals surface area contributed by atoms with E-state index in [1.807, 2.05) is 219 Å². The zero-order valence-corrected chi connectivity index (χ0v) is 79.4. The van der Waals surface area contributed by atoms with Crippen LogP contribution in [0.1, 0.15) is 221 Å². The quantitative estimate of drug-likeness (QED) is 0.0214. The monoisotopic (exact) mass is 1740 g/mol. The summed E-state index contributed by atoms with van der Waals surface area (Å²) in [4.78, 5) is 0. The van der Waals surface area contributed by atoms with Crippen LogP contribution in [0, 0.1) is 0 Å². The highest BCUT2D eigenvalue weighted by atomic mass is 15.5. The van der Waals surface area contributed by atoms with Gasteiger partial charge in [0, 0.05) is 127 Å². The number of hydrogen-bond donors (Lipinski definition) is 0. The molecule has 0 bridgehead atoms. The fraction of sp³-hybridized carbons (Fsp3) is 0.328. The van der Waals surface area contributed by atoms with Crippen molar-refractivity contribution >= 4 is 137 Å². The summed E-state index contributed by atoms with van der Waals surface area (Å²) in [6.45, 7) is 9.94. The van der Waals surface area contributed by atoms with Crippen molar-refractivity contribution in [3.8, 4) is 0 Å². The molecule has 0 aliphatic carbocycles. The molecule has 0 spiro atoms. The fourth-order valence-corrected chi connectivity index (χ4v) is 17.4. The smallest absolute Gasteiger partial charge is 0.0590 e. The van der Waals surface area contributed by atoms with Gasteiger partial charge in [-0.2, -0.15) is 30.6 Å². The standard InChI is InChI=1S/C41H51N5.C40H49N5.C35H39N5/c1-4-5-6-7-8-9-10-11-12-13-20-29-46-40-27-25-34(32-42-44(2)36-21-16-14-17-22-36)30-38(40)39-31-35(26-28-41(39)46)33-43-45(3)37-23-18-15-19-24-37;1-4-5-6-7-8-9-10-11-12-19-28-45-39-26-24-33(31-41-43(2)35-20-15-13-16-21-35)29-37(39)38-30-34(25-27-40(38)45)32-42-44(3)36-22-17-14-18-23-36;1-4-5-6-7-14-23-40-34-21-19-28(26-36-38(2)30-15-10-8-11-16-30)24-32(34)33-25-29(20-22-35(33)40)27-37-39(3)31-17-12-9-13-18-31/h14-19,21-28,30-33H,4-13,20,29H2,1-3H3;13-18,20-27,29-32H,4-12,19,28H2,1-3H3;8-13,15-22,24-27H,4-7,14,23H2,1-3H3/b42-32+,43-33+;41-31+,42-32+;36-26+,37-27+. The number of fused-ring (bicyclic) bond motifs is 9. The van der Waals surface area contributed by atoms with Crippen molar-refractivity contribution in [1.29, 1.82) is 0 Å². The lowest BCUT2D eigenvalue weighted by Crippen LogP contribution is -2.08. The molecule has 0 N–H and O–H groups in total. The predicted molar refractivity (Wildman–Crippen MR) is 570 cm³/mol. The zero-order valence-electron chi connectivity index (χ0n) is 79.4. The van der Waals surface area contributed by atoms with Crippen molar-refractivity contribution in [3.63, 3.8) is 0 Å². The zero-order chi connectivity index (χ0) is 91.0. The van der Waals surface area contributed by atoms with Gasteiger partial charge in [-0.3, -0.25) is 30.1 Å². The lowest BCUT2D eigenvalue weighted by molar-refractivity contribution is 0.537. The minimum Gasteiger partial charge on any atom is -0.340 e. The minimum atomic E-state index is 1.03. The molecule has 15 aromatic rings. The van der Waals surface area contributed by atoms with Crippen LogP contribution in [0.2, 0.25) is 0 Å². The van der Waals surface area contributed by atoms with E-state index < -0.39 is 0 Å². The molecule has 3 aromatic heterocycles. The maximum atomic E-state index is 4.74. The van der Waals surface area contributed by atoms with Crippen LogP contribution in [0.25, 0.3) is 65.4 Å². The van der Waals surface area contributed by atoms with Crippen molar-refractivity contribution in [2.24, 2.45) is 30.6 Å². The molecular formula is C116H139N15. The van der Waals surface area contributed by atoms with Gasteiger partial charge >= 0.3 is 0 Å². The second-order valence-electron chi connectivity index (χ2n) is 34.9. The summed E-state index contributed by atoms with van der Waals surface area (Å²) in [5, 5.41) is 47.4. The molecule has 0 amide bonds. The lowest BCUT2D eigenvalue weighted by Gasteiger charge is -2.12. The van der Waals surface area contributed by atoms with Gasteiger partial charge in [-0.05, 0) is 198 Å². The van der Waals surface area contributed by atoms with Gasteiger partial charge in [0.25, 0.3) is 0 Å². The molecule has 0 saturated heterocycles. The minimum absolute atomic E-state index is 1.03. The SMILES string of the molecule is CCCCCCCCCCCCCn1c2ccc(/C=N/N(C)c3ccccc3)cc2c2cc(/C=N/N(C)c3ccccc3)ccc21.CCCCCCCCCCCCn1c2ccc(/C=N/N(C)c3ccccc3)cc2c2cc(/C=N/N(C)c3ccccc3)ccc21.CCCCCCCn1c2ccc(/C=N/N(C)c3ccccc3)cc2c2cc(/C=N/N(C)c3ccccc3)ccc21. The van der Waals surface area contributed by atoms with Crippen LogP contribution in [-0.4, -0.2) is 93.3 Å². The molecule has 15 nitrogen and oxygen atoms in total. The van der Waals surface area contributed by atoms with E-state index in [1.54, 1.807) is 0 Å². The Morgan fingerprint density at radius 2 is 0.328 bits per heavy atom. The van der Waals surface area contributed by atoms with E-state index in [9.17, 15) is 0 Å². The van der Waals surface area contributed by atoms with Crippen molar-refractivity contribution in [1.82, 2.24) is 13.7 Å².